The van der Waals surface area contributed by atoms with E-state index in [9.17, 15) is 5.26 Å². The van der Waals surface area contributed by atoms with Crippen molar-refractivity contribution in [3.05, 3.63) is 23.0 Å². The lowest BCUT2D eigenvalue weighted by Gasteiger charge is -2.35. The molecule has 1 aromatic rings. The summed E-state index contributed by atoms with van der Waals surface area (Å²) in [5.41, 5.74) is 3.62. The van der Waals surface area contributed by atoms with E-state index in [1.807, 2.05) is 31.7 Å². The number of rotatable bonds is 1. The van der Waals surface area contributed by atoms with Gasteiger partial charge in [-0.1, -0.05) is 0 Å². The summed E-state index contributed by atoms with van der Waals surface area (Å²) in [6, 6.07) is 4.83. The fraction of sp³-hybridized carbons (Fsp3) is 0.538. The highest BCUT2D eigenvalue weighted by molar-refractivity contribution is 7.99. The van der Waals surface area contributed by atoms with Crippen molar-refractivity contribution < 1.29 is 0 Å². The van der Waals surface area contributed by atoms with E-state index in [1.165, 1.54) is 0 Å². The van der Waals surface area contributed by atoms with E-state index in [0.29, 0.717) is 6.04 Å². The molecule has 0 aromatic carbocycles. The van der Waals surface area contributed by atoms with Gasteiger partial charge in [-0.15, -0.1) is 0 Å². The molecule has 17 heavy (non-hydrogen) atoms. The van der Waals surface area contributed by atoms with E-state index in [2.05, 4.69) is 22.9 Å². The van der Waals surface area contributed by atoms with Crippen LogP contribution >= 0.6 is 11.8 Å². The lowest BCUT2D eigenvalue weighted by molar-refractivity contribution is 0.697. The zero-order chi connectivity index (χ0) is 12.4. The maximum atomic E-state index is 9.29. The Balaban J connectivity index is 2.46. The van der Waals surface area contributed by atoms with Crippen molar-refractivity contribution in [3.8, 4) is 6.07 Å². The number of hydrogen-bond donors (Lipinski definition) is 0. The highest BCUT2D eigenvalue weighted by atomic mass is 32.2. The molecule has 0 radical (unpaired) electrons. The number of pyridine rings is 1. The van der Waals surface area contributed by atoms with Crippen molar-refractivity contribution in [2.45, 2.75) is 26.8 Å². The second-order valence-electron chi connectivity index (χ2n) is 4.47. The first kappa shape index (κ1) is 12.3. The van der Waals surface area contributed by atoms with Gasteiger partial charge in [0.1, 0.15) is 6.07 Å². The molecule has 4 heteroatoms. The van der Waals surface area contributed by atoms with Crippen LogP contribution in [0.3, 0.4) is 0 Å². The van der Waals surface area contributed by atoms with Crippen molar-refractivity contribution in [1.29, 1.82) is 5.26 Å². The van der Waals surface area contributed by atoms with Crippen molar-refractivity contribution in [2.75, 3.05) is 23.0 Å². The Morgan fingerprint density at radius 3 is 2.94 bits per heavy atom. The van der Waals surface area contributed by atoms with E-state index in [-0.39, 0.29) is 0 Å². The third-order valence-corrected chi connectivity index (χ3v) is 4.29. The Morgan fingerprint density at radius 1 is 1.53 bits per heavy atom. The van der Waals surface area contributed by atoms with Crippen LogP contribution in [0.25, 0.3) is 0 Å². The summed E-state index contributed by atoms with van der Waals surface area (Å²) in [5, 5.41) is 9.29. The van der Waals surface area contributed by atoms with Gasteiger partial charge < -0.3 is 4.90 Å². The number of aryl methyl sites for hydroxylation is 2. The van der Waals surface area contributed by atoms with E-state index in [1.54, 1.807) is 0 Å². The van der Waals surface area contributed by atoms with Crippen molar-refractivity contribution in [3.63, 3.8) is 0 Å². The van der Waals surface area contributed by atoms with Crippen LogP contribution in [-0.4, -0.2) is 29.1 Å². The summed E-state index contributed by atoms with van der Waals surface area (Å²) in [6.07, 6.45) is 0. The molecule has 2 heterocycles. The zero-order valence-corrected chi connectivity index (χ0v) is 11.3. The molecular formula is C13H17N3S. The van der Waals surface area contributed by atoms with E-state index < -0.39 is 0 Å². The minimum absolute atomic E-state index is 0.488. The fourth-order valence-electron chi connectivity index (χ4n) is 2.26. The molecule has 0 aliphatic carbocycles. The molecule has 0 N–H and O–H groups in total. The summed E-state index contributed by atoms with van der Waals surface area (Å²) in [5.74, 6) is 2.26. The predicted molar refractivity (Wildman–Crippen MR) is 72.6 cm³/mol. The number of hydrogen-bond acceptors (Lipinski definition) is 4. The molecular weight excluding hydrogens is 230 g/mol. The molecule has 0 amide bonds. The van der Waals surface area contributed by atoms with E-state index in [4.69, 9.17) is 0 Å². The Bertz CT molecular complexity index is 464. The topological polar surface area (TPSA) is 39.9 Å². The highest BCUT2D eigenvalue weighted by Crippen LogP contribution is 2.28. The van der Waals surface area contributed by atoms with Gasteiger partial charge in [0.15, 0.2) is 0 Å². The third-order valence-electron chi connectivity index (χ3n) is 3.10. The van der Waals surface area contributed by atoms with Gasteiger partial charge in [0.05, 0.1) is 16.9 Å². The monoisotopic (exact) mass is 247 g/mol. The molecule has 1 aliphatic heterocycles. The standard InChI is InChI=1S/C13H17N3S/c1-9-6-13(12(7-14)11(3)15-9)16-4-5-17-8-10(16)2/h6,10H,4-5,8H2,1-3H3. The average Bonchev–Trinajstić information content (AvgIpc) is 2.28. The van der Waals surface area contributed by atoms with E-state index in [0.717, 1.165) is 40.7 Å². The summed E-state index contributed by atoms with van der Waals surface area (Å²) < 4.78 is 0. The van der Waals surface area contributed by atoms with Crippen LogP contribution in [0, 0.1) is 25.2 Å². The van der Waals surface area contributed by atoms with Gasteiger partial charge in [-0.2, -0.15) is 17.0 Å². The van der Waals surface area contributed by atoms with Gasteiger partial charge in [0.25, 0.3) is 0 Å². The van der Waals surface area contributed by atoms with Crippen LogP contribution in [0.5, 0.6) is 0 Å². The van der Waals surface area contributed by atoms with Gasteiger partial charge >= 0.3 is 0 Å². The Hall–Kier alpha value is -1.21. The molecule has 1 unspecified atom stereocenters. The summed E-state index contributed by atoms with van der Waals surface area (Å²) >= 11 is 1.98. The largest absolute Gasteiger partial charge is 0.366 e. The second kappa shape index (κ2) is 4.97. The molecule has 2 rings (SSSR count). The van der Waals surface area contributed by atoms with Crippen LogP contribution in [0.15, 0.2) is 6.07 Å². The highest BCUT2D eigenvalue weighted by Gasteiger charge is 2.22. The summed E-state index contributed by atoms with van der Waals surface area (Å²) in [6.45, 7) is 7.14. The Labute approximate surface area is 107 Å². The van der Waals surface area contributed by atoms with Gasteiger partial charge in [-0.05, 0) is 26.8 Å². The molecule has 1 fully saturated rings. The molecule has 1 aliphatic rings. The number of nitriles is 1. The molecule has 0 bridgehead atoms. The zero-order valence-electron chi connectivity index (χ0n) is 10.5. The van der Waals surface area contributed by atoms with Crippen LogP contribution in [-0.2, 0) is 0 Å². The number of thioether (sulfide) groups is 1. The molecule has 1 aromatic heterocycles. The second-order valence-corrected chi connectivity index (χ2v) is 5.62. The third kappa shape index (κ3) is 2.39. The predicted octanol–water partition coefficient (Wildman–Crippen LogP) is 2.51. The summed E-state index contributed by atoms with van der Waals surface area (Å²) in [4.78, 5) is 6.71. The van der Waals surface area contributed by atoms with Crippen LogP contribution < -0.4 is 4.90 Å². The number of aromatic nitrogens is 1. The quantitative estimate of drug-likeness (QED) is 0.764. The average molecular weight is 247 g/mol. The first-order chi connectivity index (χ1) is 8.13. The Morgan fingerprint density at radius 2 is 2.29 bits per heavy atom. The van der Waals surface area contributed by atoms with Gasteiger partial charge in [-0.3, -0.25) is 4.98 Å². The van der Waals surface area contributed by atoms with Crippen LogP contribution in [0.4, 0.5) is 5.69 Å². The maximum absolute atomic E-state index is 9.29. The van der Waals surface area contributed by atoms with Crippen LogP contribution in [0.2, 0.25) is 0 Å². The van der Waals surface area contributed by atoms with Crippen LogP contribution in [0.1, 0.15) is 23.9 Å². The molecule has 3 nitrogen and oxygen atoms in total. The summed E-state index contributed by atoms with van der Waals surface area (Å²) in [7, 11) is 0. The minimum Gasteiger partial charge on any atom is -0.366 e. The van der Waals surface area contributed by atoms with Crippen molar-refractivity contribution in [1.82, 2.24) is 4.98 Å². The molecule has 1 saturated heterocycles. The number of anilines is 1. The smallest absolute Gasteiger partial charge is 0.103 e. The molecule has 90 valence electrons. The Kier molecular flexibility index (Phi) is 3.58. The normalized spacial score (nSPS) is 20.1. The number of nitrogens with zero attached hydrogens (tertiary/aromatic N) is 3. The van der Waals surface area contributed by atoms with Crippen molar-refractivity contribution in [2.24, 2.45) is 0 Å². The lowest BCUT2D eigenvalue weighted by atomic mass is 10.1. The minimum atomic E-state index is 0.488. The molecule has 0 saturated carbocycles. The first-order valence-corrected chi connectivity index (χ1v) is 7.01. The van der Waals surface area contributed by atoms with Gasteiger partial charge in [0.2, 0.25) is 0 Å². The SMILES string of the molecule is Cc1cc(N2CCSCC2C)c(C#N)c(C)n1. The molecule has 1 atom stereocenters. The lowest BCUT2D eigenvalue weighted by Crippen LogP contribution is -2.41. The maximum Gasteiger partial charge on any atom is 0.103 e. The van der Waals surface area contributed by atoms with E-state index >= 15 is 0 Å². The van der Waals surface area contributed by atoms with Gasteiger partial charge in [-0.25, -0.2) is 0 Å². The first-order valence-electron chi connectivity index (χ1n) is 5.86. The van der Waals surface area contributed by atoms with Crippen molar-refractivity contribution >= 4 is 17.4 Å². The molecule has 0 spiro atoms. The van der Waals surface area contributed by atoms with Gasteiger partial charge in [0, 0.05) is 29.8 Å². The fourth-order valence-corrected chi connectivity index (χ4v) is 3.27.